The molecule has 0 aliphatic carbocycles. The highest BCUT2D eigenvalue weighted by molar-refractivity contribution is 6.17. The third-order valence-corrected chi connectivity index (χ3v) is 6.64. The van der Waals surface area contributed by atoms with Crippen LogP contribution in [-0.4, -0.2) is 51.7 Å². The van der Waals surface area contributed by atoms with Crippen molar-refractivity contribution in [3.63, 3.8) is 0 Å². The molecule has 7 heteroatoms. The van der Waals surface area contributed by atoms with Crippen LogP contribution in [0.3, 0.4) is 0 Å². The average Bonchev–Trinajstić information content (AvgIpc) is 2.84. The standard InChI is InChI=1S/C22H35NO5Si/c1-9-26-17(24)20(5,6)15-10-12-16(13-11-15)22(29)14-27-21(7,8)23(22)18(25)28-19(2,3)4/h10-13H,9,14H2,1-8,29H3. The third-order valence-electron chi connectivity index (χ3n) is 5.33. The Bertz CT molecular complexity index is 766. The first-order valence-electron chi connectivity index (χ1n) is 10.1. The second kappa shape index (κ2) is 7.76. The van der Waals surface area contributed by atoms with Crippen LogP contribution < -0.4 is 0 Å². The molecule has 0 radical (unpaired) electrons. The molecule has 162 valence electrons. The molecule has 1 aliphatic heterocycles. The van der Waals surface area contributed by atoms with E-state index in [9.17, 15) is 9.59 Å². The van der Waals surface area contributed by atoms with Crippen molar-refractivity contribution < 1.29 is 23.8 Å². The summed E-state index contributed by atoms with van der Waals surface area (Å²) < 4.78 is 16.9. The van der Waals surface area contributed by atoms with E-state index in [0.717, 1.165) is 11.1 Å². The van der Waals surface area contributed by atoms with E-state index in [4.69, 9.17) is 14.2 Å². The number of nitrogens with zero attached hydrogens (tertiary/aromatic N) is 1. The minimum absolute atomic E-state index is 0.256. The molecule has 2 rings (SSSR count). The SMILES string of the molecule is CCOC(=O)C(C)(C)c1ccc(C2([SiH3])COC(C)(C)N2C(=O)OC(C)(C)C)cc1. The summed E-state index contributed by atoms with van der Waals surface area (Å²) in [4.78, 5) is 27.1. The third kappa shape index (κ3) is 4.66. The number of ether oxygens (including phenoxy) is 3. The van der Waals surface area contributed by atoms with Crippen LogP contribution in [0.4, 0.5) is 4.79 Å². The summed E-state index contributed by atoms with van der Waals surface area (Å²) in [6.07, 6.45) is -0.383. The van der Waals surface area contributed by atoms with Crippen molar-refractivity contribution >= 4 is 22.3 Å². The van der Waals surface area contributed by atoms with Crippen molar-refractivity contribution in [2.24, 2.45) is 0 Å². The quantitative estimate of drug-likeness (QED) is 0.552. The molecule has 1 aromatic carbocycles. The van der Waals surface area contributed by atoms with Gasteiger partial charge in [0.1, 0.15) is 11.3 Å². The highest BCUT2D eigenvalue weighted by Gasteiger charge is 2.53. The van der Waals surface area contributed by atoms with Crippen LogP contribution in [0.15, 0.2) is 24.3 Å². The van der Waals surface area contributed by atoms with Crippen molar-refractivity contribution in [3.05, 3.63) is 35.4 Å². The minimum Gasteiger partial charge on any atom is -0.465 e. The molecule has 1 unspecified atom stereocenters. The fourth-order valence-electron chi connectivity index (χ4n) is 3.66. The van der Waals surface area contributed by atoms with Crippen molar-refractivity contribution in [3.8, 4) is 0 Å². The number of carbonyl (C=O) groups excluding carboxylic acids is 2. The van der Waals surface area contributed by atoms with Gasteiger partial charge in [0.2, 0.25) is 0 Å². The molecule has 0 aromatic heterocycles. The van der Waals surface area contributed by atoms with Gasteiger partial charge in [-0.1, -0.05) is 24.3 Å². The van der Waals surface area contributed by atoms with Crippen LogP contribution in [0.2, 0.25) is 0 Å². The molecular weight excluding hydrogens is 386 g/mol. The van der Waals surface area contributed by atoms with Gasteiger partial charge in [0.15, 0.2) is 0 Å². The maximum absolute atomic E-state index is 13.0. The van der Waals surface area contributed by atoms with Gasteiger partial charge >= 0.3 is 12.1 Å². The van der Waals surface area contributed by atoms with Crippen LogP contribution >= 0.6 is 0 Å². The van der Waals surface area contributed by atoms with Crippen LogP contribution in [0.25, 0.3) is 0 Å². The van der Waals surface area contributed by atoms with Gasteiger partial charge in [0.25, 0.3) is 0 Å². The zero-order valence-electron chi connectivity index (χ0n) is 19.2. The number of hydrogen-bond acceptors (Lipinski definition) is 5. The molecule has 0 spiro atoms. The van der Waals surface area contributed by atoms with E-state index < -0.39 is 21.9 Å². The van der Waals surface area contributed by atoms with Crippen LogP contribution in [0.5, 0.6) is 0 Å². The number of amides is 1. The Kier molecular flexibility index (Phi) is 6.26. The predicted molar refractivity (Wildman–Crippen MR) is 116 cm³/mol. The van der Waals surface area contributed by atoms with E-state index in [1.807, 2.05) is 72.7 Å². The zero-order valence-corrected chi connectivity index (χ0v) is 21.2. The maximum atomic E-state index is 13.0. The number of rotatable bonds is 4. The molecule has 0 bridgehead atoms. The molecule has 1 fully saturated rings. The fourth-order valence-corrected chi connectivity index (χ4v) is 4.86. The highest BCUT2D eigenvalue weighted by Crippen LogP contribution is 2.41. The highest BCUT2D eigenvalue weighted by atomic mass is 28.1. The van der Waals surface area contributed by atoms with E-state index in [2.05, 4.69) is 0 Å². The first kappa shape index (κ1) is 23.4. The molecule has 29 heavy (non-hydrogen) atoms. The van der Waals surface area contributed by atoms with Crippen LogP contribution in [-0.2, 0) is 29.6 Å². The second-order valence-corrected chi connectivity index (χ2v) is 11.4. The Morgan fingerprint density at radius 2 is 1.69 bits per heavy atom. The van der Waals surface area contributed by atoms with Crippen LogP contribution in [0.1, 0.15) is 66.5 Å². The lowest BCUT2D eigenvalue weighted by Gasteiger charge is -2.41. The first-order valence-corrected chi connectivity index (χ1v) is 11.1. The van der Waals surface area contributed by atoms with Crippen molar-refractivity contribution in [2.75, 3.05) is 13.2 Å². The van der Waals surface area contributed by atoms with Crippen molar-refractivity contribution in [1.82, 2.24) is 4.90 Å². The normalized spacial score (nSPS) is 21.9. The van der Waals surface area contributed by atoms with Gasteiger partial charge in [-0.15, -0.1) is 0 Å². The summed E-state index contributed by atoms with van der Waals surface area (Å²) in [5, 5.41) is -0.557. The first-order chi connectivity index (χ1) is 13.1. The Morgan fingerprint density at radius 3 is 2.17 bits per heavy atom. The molecule has 1 saturated heterocycles. The molecule has 1 heterocycles. The molecule has 1 atom stereocenters. The van der Waals surface area contributed by atoms with Crippen molar-refractivity contribution in [1.29, 1.82) is 0 Å². The largest absolute Gasteiger partial charge is 0.465 e. The summed E-state index contributed by atoms with van der Waals surface area (Å²) in [6, 6.07) is 7.83. The maximum Gasteiger partial charge on any atom is 0.413 e. The van der Waals surface area contributed by atoms with E-state index in [1.165, 1.54) is 0 Å². The molecule has 0 N–H and O–H groups in total. The summed E-state index contributed by atoms with van der Waals surface area (Å²) in [7, 11) is 0.657. The van der Waals surface area contributed by atoms with Gasteiger partial charge in [0.05, 0.1) is 23.8 Å². The smallest absolute Gasteiger partial charge is 0.413 e. The molecule has 0 saturated carbocycles. The van der Waals surface area contributed by atoms with Gasteiger partial charge in [0, 0.05) is 10.2 Å². The Labute approximate surface area is 177 Å². The van der Waals surface area contributed by atoms with E-state index in [0.29, 0.717) is 23.5 Å². The zero-order chi connectivity index (χ0) is 22.3. The summed E-state index contributed by atoms with van der Waals surface area (Å²) in [6.45, 7) is 15.6. The minimum atomic E-state index is -0.771. The molecule has 1 aliphatic rings. The number of esters is 1. The monoisotopic (exact) mass is 421 g/mol. The number of hydrogen-bond donors (Lipinski definition) is 0. The Morgan fingerprint density at radius 1 is 1.14 bits per heavy atom. The molecule has 6 nitrogen and oxygen atoms in total. The fraction of sp³-hybridized carbons (Fsp3) is 0.636. The predicted octanol–water partition coefficient (Wildman–Crippen LogP) is 3.05. The van der Waals surface area contributed by atoms with Gasteiger partial charge < -0.3 is 14.2 Å². The van der Waals surface area contributed by atoms with Gasteiger partial charge in [-0.3, -0.25) is 9.69 Å². The molecule has 1 amide bonds. The lowest BCUT2D eigenvalue weighted by atomic mass is 9.84. The van der Waals surface area contributed by atoms with Gasteiger partial charge in [-0.2, -0.15) is 0 Å². The van der Waals surface area contributed by atoms with Gasteiger partial charge in [-0.05, 0) is 66.5 Å². The lowest BCUT2D eigenvalue weighted by Crippen LogP contribution is -2.55. The second-order valence-electron chi connectivity index (χ2n) is 9.75. The Hall–Kier alpha value is -1.86. The summed E-state index contributed by atoms with van der Waals surface area (Å²) >= 11 is 0. The van der Waals surface area contributed by atoms with E-state index >= 15 is 0 Å². The van der Waals surface area contributed by atoms with E-state index in [1.54, 1.807) is 11.8 Å². The van der Waals surface area contributed by atoms with Gasteiger partial charge in [-0.25, -0.2) is 4.79 Å². The van der Waals surface area contributed by atoms with Crippen LogP contribution in [0, 0.1) is 0 Å². The topological polar surface area (TPSA) is 65.1 Å². The lowest BCUT2D eigenvalue weighted by molar-refractivity contribution is -0.148. The van der Waals surface area contributed by atoms with E-state index in [-0.39, 0.29) is 12.1 Å². The Balaban J connectivity index is 2.39. The molecular formula is C22H35NO5Si. The average molecular weight is 422 g/mol. The molecule has 1 aromatic rings. The number of benzene rings is 1. The summed E-state index contributed by atoms with van der Waals surface area (Å²) in [5.74, 6) is -0.256. The number of carbonyl (C=O) groups is 2. The summed E-state index contributed by atoms with van der Waals surface area (Å²) in [5.41, 5.74) is -0.266. The van der Waals surface area contributed by atoms with Crippen molar-refractivity contribution in [2.45, 2.75) is 77.3 Å².